The van der Waals surface area contributed by atoms with E-state index in [9.17, 15) is 19.2 Å². The molecule has 0 spiro atoms. The minimum Gasteiger partial charge on any atom is -0.483 e. The summed E-state index contributed by atoms with van der Waals surface area (Å²) in [5.74, 6) is -0.729. The molecule has 9 heteroatoms. The first-order valence-electron chi connectivity index (χ1n) is 12.6. The van der Waals surface area contributed by atoms with Gasteiger partial charge in [0.2, 0.25) is 11.8 Å². The van der Waals surface area contributed by atoms with Crippen molar-refractivity contribution < 1.29 is 23.9 Å². The summed E-state index contributed by atoms with van der Waals surface area (Å²) < 4.78 is 5.65. The van der Waals surface area contributed by atoms with Gasteiger partial charge < -0.3 is 25.2 Å². The minimum absolute atomic E-state index is 0.0307. The van der Waals surface area contributed by atoms with Gasteiger partial charge in [0.15, 0.2) is 6.61 Å². The summed E-state index contributed by atoms with van der Waals surface area (Å²) in [6, 6.07) is 5.36. The number of para-hydroxylation sites is 1. The van der Waals surface area contributed by atoms with Gasteiger partial charge in [-0.3, -0.25) is 19.2 Å². The van der Waals surface area contributed by atoms with Crippen LogP contribution in [0.3, 0.4) is 0 Å². The zero-order valence-electron chi connectivity index (χ0n) is 22.9. The fourth-order valence-corrected chi connectivity index (χ4v) is 3.90. The molecule has 0 bridgehead atoms. The standard InChI is InChI=1S/C27H42N4O5/c1-17(2)15-20(25(34)31-14-13-21(31)26(35)30(8)18(3)4)28-24(33)19-11-9-10-12-22(19)36-16-23(32)29-27(5,6)7/h9-12,17-18,20-21H,13-16H2,1-8H3,(H,28,33)(H,29,32)/t20-,21+/m0/s1. The Morgan fingerprint density at radius 3 is 2.28 bits per heavy atom. The van der Waals surface area contributed by atoms with E-state index in [1.54, 1.807) is 41.1 Å². The van der Waals surface area contributed by atoms with Crippen molar-refractivity contribution in [3.63, 3.8) is 0 Å². The molecule has 2 rings (SSSR count). The molecule has 1 fully saturated rings. The Hall–Kier alpha value is -3.10. The number of likely N-dealkylation sites (N-methyl/N-ethyl adjacent to an activating group) is 1. The summed E-state index contributed by atoms with van der Waals surface area (Å²) in [4.78, 5) is 54.9. The Bertz CT molecular complexity index is 954. The number of benzene rings is 1. The van der Waals surface area contributed by atoms with Crippen LogP contribution in [0.25, 0.3) is 0 Å². The molecule has 0 aliphatic carbocycles. The fourth-order valence-electron chi connectivity index (χ4n) is 3.90. The van der Waals surface area contributed by atoms with Crippen LogP contribution in [0.5, 0.6) is 5.75 Å². The molecule has 2 N–H and O–H groups in total. The molecule has 1 aromatic carbocycles. The predicted molar refractivity (Wildman–Crippen MR) is 139 cm³/mol. The second kappa shape index (κ2) is 12.2. The van der Waals surface area contributed by atoms with Gasteiger partial charge in [-0.1, -0.05) is 26.0 Å². The van der Waals surface area contributed by atoms with Crippen LogP contribution in [0.1, 0.15) is 71.7 Å². The third-order valence-corrected chi connectivity index (χ3v) is 6.03. The number of amides is 4. The lowest BCUT2D eigenvalue weighted by atomic mass is 9.96. The van der Waals surface area contributed by atoms with E-state index < -0.39 is 23.5 Å². The Morgan fingerprint density at radius 1 is 1.11 bits per heavy atom. The molecule has 2 atom stereocenters. The molecule has 36 heavy (non-hydrogen) atoms. The van der Waals surface area contributed by atoms with E-state index in [2.05, 4.69) is 10.6 Å². The largest absolute Gasteiger partial charge is 0.483 e. The van der Waals surface area contributed by atoms with E-state index in [1.807, 2.05) is 48.5 Å². The first-order valence-corrected chi connectivity index (χ1v) is 12.6. The van der Waals surface area contributed by atoms with E-state index >= 15 is 0 Å². The maximum atomic E-state index is 13.4. The first-order chi connectivity index (χ1) is 16.7. The van der Waals surface area contributed by atoms with Crippen LogP contribution in [0, 0.1) is 5.92 Å². The number of rotatable bonds is 10. The fraction of sp³-hybridized carbons (Fsp3) is 0.630. The highest BCUT2D eigenvalue weighted by Crippen LogP contribution is 2.24. The number of hydrogen-bond donors (Lipinski definition) is 2. The quantitative estimate of drug-likeness (QED) is 0.511. The number of carbonyl (C=O) groups is 4. The van der Waals surface area contributed by atoms with Crippen molar-refractivity contribution in [2.24, 2.45) is 5.92 Å². The zero-order valence-corrected chi connectivity index (χ0v) is 22.9. The molecular formula is C27H42N4O5. The minimum atomic E-state index is -0.783. The summed E-state index contributed by atoms with van der Waals surface area (Å²) in [6.07, 6.45) is 1.04. The molecule has 1 aliphatic heterocycles. The van der Waals surface area contributed by atoms with Crippen LogP contribution in [0.15, 0.2) is 24.3 Å². The average molecular weight is 503 g/mol. The molecule has 0 radical (unpaired) electrons. The Balaban J connectivity index is 2.14. The Labute approximate surface area is 214 Å². The van der Waals surface area contributed by atoms with Gasteiger partial charge in [-0.05, 0) is 65.5 Å². The number of likely N-dealkylation sites (tertiary alicyclic amines) is 1. The molecule has 200 valence electrons. The molecular weight excluding hydrogens is 460 g/mol. The van der Waals surface area contributed by atoms with Crippen LogP contribution in [-0.4, -0.2) is 77.3 Å². The lowest BCUT2D eigenvalue weighted by molar-refractivity contribution is -0.154. The normalized spacial score (nSPS) is 16.3. The third-order valence-electron chi connectivity index (χ3n) is 6.03. The van der Waals surface area contributed by atoms with Gasteiger partial charge >= 0.3 is 0 Å². The number of nitrogens with one attached hydrogen (secondary N) is 2. The monoisotopic (exact) mass is 502 g/mol. The number of hydrogen-bond acceptors (Lipinski definition) is 5. The van der Waals surface area contributed by atoms with Crippen molar-refractivity contribution in [3.05, 3.63) is 29.8 Å². The van der Waals surface area contributed by atoms with Crippen LogP contribution in [0.4, 0.5) is 0 Å². The van der Waals surface area contributed by atoms with Gasteiger partial charge in [0, 0.05) is 25.2 Å². The summed E-state index contributed by atoms with van der Waals surface area (Å²) in [5.41, 5.74) is -0.166. The number of carbonyl (C=O) groups excluding carboxylic acids is 4. The molecule has 4 amide bonds. The summed E-state index contributed by atoms with van der Waals surface area (Å²) in [6.45, 7) is 13.7. The van der Waals surface area contributed by atoms with Crippen LogP contribution in [-0.2, 0) is 14.4 Å². The molecule has 0 unspecified atom stereocenters. The second-order valence-corrected chi connectivity index (χ2v) is 11.1. The molecule has 1 heterocycles. The van der Waals surface area contributed by atoms with Crippen LogP contribution >= 0.6 is 0 Å². The molecule has 0 saturated carbocycles. The van der Waals surface area contributed by atoms with Crippen molar-refractivity contribution in [1.82, 2.24) is 20.4 Å². The number of nitrogens with zero attached hydrogens (tertiary/aromatic N) is 2. The average Bonchev–Trinajstić information content (AvgIpc) is 2.74. The van der Waals surface area contributed by atoms with Crippen molar-refractivity contribution in [3.8, 4) is 5.75 Å². The van der Waals surface area contributed by atoms with Crippen molar-refractivity contribution >= 4 is 23.6 Å². The summed E-state index contributed by atoms with van der Waals surface area (Å²) >= 11 is 0. The molecule has 0 aromatic heterocycles. The maximum absolute atomic E-state index is 13.4. The lowest BCUT2D eigenvalue weighted by Crippen LogP contribution is -2.63. The van der Waals surface area contributed by atoms with E-state index in [1.165, 1.54) is 0 Å². The highest BCUT2D eigenvalue weighted by Gasteiger charge is 2.42. The van der Waals surface area contributed by atoms with Crippen molar-refractivity contribution in [2.75, 3.05) is 20.2 Å². The van der Waals surface area contributed by atoms with Crippen LogP contribution in [0.2, 0.25) is 0 Å². The van der Waals surface area contributed by atoms with Gasteiger partial charge in [0.1, 0.15) is 17.8 Å². The topological polar surface area (TPSA) is 108 Å². The maximum Gasteiger partial charge on any atom is 0.258 e. The van der Waals surface area contributed by atoms with E-state index in [0.717, 1.165) is 0 Å². The highest BCUT2D eigenvalue weighted by atomic mass is 16.5. The Kier molecular flexibility index (Phi) is 9.90. The zero-order chi connectivity index (χ0) is 27.2. The highest BCUT2D eigenvalue weighted by molar-refractivity contribution is 6.00. The van der Waals surface area contributed by atoms with Crippen molar-refractivity contribution in [1.29, 1.82) is 0 Å². The van der Waals surface area contributed by atoms with Gasteiger partial charge in [0.05, 0.1) is 5.56 Å². The van der Waals surface area contributed by atoms with Gasteiger partial charge in [0.25, 0.3) is 11.8 Å². The van der Waals surface area contributed by atoms with Crippen molar-refractivity contribution in [2.45, 2.75) is 85.0 Å². The second-order valence-electron chi connectivity index (χ2n) is 11.1. The van der Waals surface area contributed by atoms with E-state index in [0.29, 0.717) is 19.4 Å². The van der Waals surface area contributed by atoms with Gasteiger partial charge in [-0.15, -0.1) is 0 Å². The van der Waals surface area contributed by atoms with Crippen LogP contribution < -0.4 is 15.4 Å². The predicted octanol–water partition coefficient (Wildman–Crippen LogP) is 2.59. The van der Waals surface area contributed by atoms with E-state index in [4.69, 9.17) is 4.74 Å². The SMILES string of the molecule is CC(C)C[C@H](NC(=O)c1ccccc1OCC(=O)NC(C)(C)C)C(=O)N1CC[C@@H]1C(=O)N(C)C(C)C. The van der Waals surface area contributed by atoms with E-state index in [-0.39, 0.29) is 47.6 Å². The summed E-state index contributed by atoms with van der Waals surface area (Å²) in [5, 5.41) is 5.67. The summed E-state index contributed by atoms with van der Waals surface area (Å²) in [7, 11) is 1.74. The first kappa shape index (κ1) is 29.1. The lowest BCUT2D eigenvalue weighted by Gasteiger charge is -2.43. The smallest absolute Gasteiger partial charge is 0.258 e. The Morgan fingerprint density at radius 2 is 1.75 bits per heavy atom. The number of ether oxygens (including phenoxy) is 1. The molecule has 1 saturated heterocycles. The molecule has 1 aromatic rings. The molecule has 1 aliphatic rings. The molecule has 9 nitrogen and oxygen atoms in total. The van der Waals surface area contributed by atoms with Gasteiger partial charge in [-0.25, -0.2) is 0 Å². The third kappa shape index (κ3) is 7.96. The van der Waals surface area contributed by atoms with Gasteiger partial charge in [-0.2, -0.15) is 0 Å².